The Morgan fingerprint density at radius 2 is 1.46 bits per heavy atom. The van der Waals surface area contributed by atoms with Crippen LogP contribution in [0.4, 0.5) is 5.69 Å². The summed E-state index contributed by atoms with van der Waals surface area (Å²) in [5.74, 6) is 0. The van der Waals surface area contributed by atoms with Gasteiger partial charge < -0.3 is 19.8 Å². The SMILES string of the molecule is Cc1cccc(N)c1C.[B+3].[F-].[F-].[F-]. The molecule has 1 aromatic rings. The standard InChI is InChI=1S/C8H11N.B.3FH/c1-6-4-3-5-8(9)7(6)2;;;;/h3-5H,9H2,1-2H3;;3*1H/q;+3;;;/p-3. The summed E-state index contributed by atoms with van der Waals surface area (Å²) in [6.07, 6.45) is 0. The van der Waals surface area contributed by atoms with Gasteiger partial charge in [-0.3, -0.25) is 0 Å². The van der Waals surface area contributed by atoms with Crippen molar-refractivity contribution in [2.75, 3.05) is 5.73 Å². The maximum absolute atomic E-state index is 5.62. The average Bonchev–Trinajstić information content (AvgIpc) is 1.83. The summed E-state index contributed by atoms with van der Waals surface area (Å²) in [6, 6.07) is 5.95. The van der Waals surface area contributed by atoms with Crippen molar-refractivity contribution in [3.05, 3.63) is 29.3 Å². The summed E-state index contributed by atoms with van der Waals surface area (Å²) in [6.45, 7) is 4.09. The van der Waals surface area contributed by atoms with Crippen LogP contribution in [0, 0.1) is 13.8 Å². The largest absolute Gasteiger partial charge is 3.00 e. The molecule has 1 aromatic carbocycles. The molecule has 0 radical (unpaired) electrons. The van der Waals surface area contributed by atoms with Gasteiger partial charge in [-0.25, -0.2) is 0 Å². The average molecular weight is 189 g/mol. The van der Waals surface area contributed by atoms with E-state index in [1.54, 1.807) is 0 Å². The van der Waals surface area contributed by atoms with E-state index in [4.69, 9.17) is 5.73 Å². The number of rotatable bonds is 0. The number of hydrogen-bond acceptors (Lipinski definition) is 1. The quantitative estimate of drug-likeness (QED) is 0.318. The minimum Gasteiger partial charge on any atom is -1.00 e. The maximum atomic E-state index is 5.62. The van der Waals surface area contributed by atoms with Crippen molar-refractivity contribution in [3.8, 4) is 0 Å². The zero-order valence-electron chi connectivity index (χ0n) is 7.52. The fourth-order valence-electron chi connectivity index (χ4n) is 0.774. The van der Waals surface area contributed by atoms with E-state index in [-0.39, 0.29) is 22.5 Å². The monoisotopic (exact) mass is 189 g/mol. The van der Waals surface area contributed by atoms with Gasteiger partial charge in [-0.15, -0.1) is 0 Å². The Hall–Kier alpha value is -1.13. The van der Waals surface area contributed by atoms with Crippen molar-refractivity contribution in [1.82, 2.24) is 0 Å². The fraction of sp³-hybridized carbons (Fsp3) is 0.250. The second-order valence-electron chi connectivity index (χ2n) is 2.29. The molecule has 0 aliphatic heterocycles. The second kappa shape index (κ2) is 8.97. The van der Waals surface area contributed by atoms with E-state index in [0.29, 0.717) is 0 Å². The maximum Gasteiger partial charge on any atom is 3.00 e. The molecule has 0 aliphatic rings. The van der Waals surface area contributed by atoms with Gasteiger partial charge in [0, 0.05) is 5.69 Å². The normalized spacial score (nSPS) is 6.62. The predicted octanol–water partition coefficient (Wildman–Crippen LogP) is -7.48. The van der Waals surface area contributed by atoms with Crippen molar-refractivity contribution >= 4 is 14.1 Å². The van der Waals surface area contributed by atoms with Crippen LogP contribution in [0.15, 0.2) is 18.2 Å². The van der Waals surface area contributed by atoms with Crippen LogP contribution >= 0.6 is 0 Å². The van der Waals surface area contributed by atoms with Gasteiger partial charge in [-0.1, -0.05) is 12.1 Å². The molecule has 0 aromatic heterocycles. The van der Waals surface area contributed by atoms with Gasteiger partial charge in [-0.05, 0) is 31.0 Å². The molecule has 1 rings (SSSR count). The number of halogens is 3. The van der Waals surface area contributed by atoms with Crippen molar-refractivity contribution in [2.45, 2.75) is 13.8 Å². The molecule has 72 valence electrons. The summed E-state index contributed by atoms with van der Waals surface area (Å²) in [4.78, 5) is 0. The fourth-order valence-corrected chi connectivity index (χ4v) is 0.774. The molecule has 13 heavy (non-hydrogen) atoms. The number of nitrogens with two attached hydrogens (primary N) is 1. The van der Waals surface area contributed by atoms with E-state index in [1.807, 2.05) is 19.1 Å². The second-order valence-corrected chi connectivity index (χ2v) is 2.29. The molecule has 0 amide bonds. The van der Waals surface area contributed by atoms with Crippen molar-refractivity contribution in [2.24, 2.45) is 0 Å². The molecule has 0 saturated heterocycles. The summed E-state index contributed by atoms with van der Waals surface area (Å²) in [5.41, 5.74) is 8.96. The number of aryl methyl sites for hydroxylation is 1. The number of benzene rings is 1. The Kier molecular flexibility index (Phi) is 15.6. The van der Waals surface area contributed by atoms with Crippen LogP contribution in [0.5, 0.6) is 0 Å². The van der Waals surface area contributed by atoms with Crippen molar-refractivity contribution < 1.29 is 14.1 Å². The molecule has 0 aliphatic carbocycles. The minimum absolute atomic E-state index is 0. The molecular weight excluding hydrogens is 178 g/mol. The molecule has 0 unspecified atom stereocenters. The van der Waals surface area contributed by atoms with E-state index >= 15 is 0 Å². The molecule has 5 heteroatoms. The van der Waals surface area contributed by atoms with Crippen LogP contribution in [0.25, 0.3) is 0 Å². The zero-order chi connectivity index (χ0) is 6.85. The first-order chi connectivity index (χ1) is 4.22. The number of hydrogen-bond donors (Lipinski definition) is 1. The van der Waals surface area contributed by atoms with Crippen LogP contribution < -0.4 is 19.8 Å². The van der Waals surface area contributed by atoms with Crippen LogP contribution in [-0.4, -0.2) is 8.41 Å². The summed E-state index contributed by atoms with van der Waals surface area (Å²) in [7, 11) is 0. The topological polar surface area (TPSA) is 26.0 Å². The van der Waals surface area contributed by atoms with Crippen LogP contribution in [-0.2, 0) is 0 Å². The Balaban J connectivity index is -0.000000101. The molecule has 0 fully saturated rings. The van der Waals surface area contributed by atoms with E-state index in [0.717, 1.165) is 5.69 Å². The molecule has 0 bridgehead atoms. The van der Waals surface area contributed by atoms with Crippen LogP contribution in [0.1, 0.15) is 11.1 Å². The Morgan fingerprint density at radius 3 is 1.77 bits per heavy atom. The smallest absolute Gasteiger partial charge is 1.00 e. The zero-order valence-corrected chi connectivity index (χ0v) is 7.52. The molecule has 0 spiro atoms. The van der Waals surface area contributed by atoms with Crippen LogP contribution in [0.3, 0.4) is 0 Å². The minimum atomic E-state index is 0. The van der Waals surface area contributed by atoms with Gasteiger partial charge in [0.2, 0.25) is 0 Å². The third-order valence-corrected chi connectivity index (χ3v) is 1.65. The summed E-state index contributed by atoms with van der Waals surface area (Å²) >= 11 is 0. The Morgan fingerprint density at radius 1 is 1.00 bits per heavy atom. The first-order valence-electron chi connectivity index (χ1n) is 3.03. The van der Waals surface area contributed by atoms with Gasteiger partial charge in [0.15, 0.2) is 0 Å². The van der Waals surface area contributed by atoms with Gasteiger partial charge >= 0.3 is 8.41 Å². The van der Waals surface area contributed by atoms with Gasteiger partial charge in [0.25, 0.3) is 0 Å². The van der Waals surface area contributed by atoms with E-state index < -0.39 is 0 Å². The molecule has 0 heterocycles. The van der Waals surface area contributed by atoms with Gasteiger partial charge in [-0.2, -0.15) is 0 Å². The third kappa shape index (κ3) is 5.17. The first kappa shape index (κ1) is 22.6. The number of nitrogen functional groups attached to an aromatic ring is 1. The molecular formula is C8H11BF3N. The third-order valence-electron chi connectivity index (χ3n) is 1.65. The van der Waals surface area contributed by atoms with E-state index in [2.05, 4.69) is 13.0 Å². The van der Waals surface area contributed by atoms with E-state index in [9.17, 15) is 0 Å². The molecule has 0 atom stereocenters. The first-order valence-corrected chi connectivity index (χ1v) is 3.03. The van der Waals surface area contributed by atoms with Crippen LogP contribution in [0.2, 0.25) is 0 Å². The number of anilines is 1. The Bertz CT molecular complexity index is 210. The molecule has 2 N–H and O–H groups in total. The van der Waals surface area contributed by atoms with E-state index in [1.165, 1.54) is 11.1 Å². The summed E-state index contributed by atoms with van der Waals surface area (Å²) < 4.78 is 0. The van der Waals surface area contributed by atoms with Crippen molar-refractivity contribution in [3.63, 3.8) is 0 Å². The van der Waals surface area contributed by atoms with Gasteiger partial charge in [0.05, 0.1) is 0 Å². The molecule has 0 saturated carbocycles. The van der Waals surface area contributed by atoms with Gasteiger partial charge in [0.1, 0.15) is 0 Å². The predicted molar refractivity (Wildman–Crippen MR) is 46.1 cm³/mol. The van der Waals surface area contributed by atoms with Crippen molar-refractivity contribution in [1.29, 1.82) is 0 Å². The molecule has 1 nitrogen and oxygen atoms in total. The summed E-state index contributed by atoms with van der Waals surface area (Å²) in [5, 5.41) is 0. The Labute approximate surface area is 78.0 Å².